The van der Waals surface area contributed by atoms with Gasteiger partial charge in [0.1, 0.15) is 5.15 Å². The van der Waals surface area contributed by atoms with Crippen molar-refractivity contribution in [3.05, 3.63) is 21.9 Å². The van der Waals surface area contributed by atoms with E-state index < -0.39 is 12.1 Å². The monoisotopic (exact) mass is 245 g/mol. The van der Waals surface area contributed by atoms with E-state index in [-0.39, 0.29) is 15.9 Å². The molecule has 0 aliphatic heterocycles. The van der Waals surface area contributed by atoms with Gasteiger partial charge in [0.05, 0.1) is 10.7 Å². The Morgan fingerprint density at radius 3 is 2.36 bits per heavy atom. The number of halogens is 5. The van der Waals surface area contributed by atoms with Gasteiger partial charge < -0.3 is 4.74 Å². The van der Waals surface area contributed by atoms with Crippen molar-refractivity contribution in [2.75, 3.05) is 0 Å². The second kappa shape index (κ2) is 3.82. The molecule has 0 radical (unpaired) electrons. The maximum absolute atomic E-state index is 11.9. The average molecular weight is 246 g/mol. The van der Waals surface area contributed by atoms with Crippen LogP contribution in [0.25, 0.3) is 0 Å². The summed E-state index contributed by atoms with van der Waals surface area (Å²) in [5, 5.41) is -0.207. The van der Waals surface area contributed by atoms with Gasteiger partial charge in [-0.2, -0.15) is 0 Å². The van der Waals surface area contributed by atoms with Gasteiger partial charge in [-0.05, 0) is 13.0 Å². The first-order valence-corrected chi connectivity index (χ1v) is 4.13. The van der Waals surface area contributed by atoms with Gasteiger partial charge in [-0.25, -0.2) is 4.98 Å². The molecule has 78 valence electrons. The highest BCUT2D eigenvalue weighted by Gasteiger charge is 2.33. The fourth-order valence-electron chi connectivity index (χ4n) is 0.825. The molecule has 1 aromatic heterocycles. The molecule has 0 saturated carbocycles. The number of pyridine rings is 1. The van der Waals surface area contributed by atoms with Crippen molar-refractivity contribution in [1.82, 2.24) is 4.98 Å². The fraction of sp³-hybridized carbons (Fsp3) is 0.286. The van der Waals surface area contributed by atoms with Gasteiger partial charge in [0.15, 0.2) is 5.75 Å². The lowest BCUT2D eigenvalue weighted by Gasteiger charge is -2.12. The predicted molar refractivity (Wildman–Crippen MR) is 45.7 cm³/mol. The standard InChI is InChI=1S/C7H4Cl2F3NO/c1-3-6(14-7(10,11)12)4(8)2-5(9)13-3/h2H,1H3. The van der Waals surface area contributed by atoms with E-state index in [4.69, 9.17) is 23.2 Å². The van der Waals surface area contributed by atoms with Crippen LogP contribution in [0.4, 0.5) is 13.2 Å². The molecule has 0 bridgehead atoms. The van der Waals surface area contributed by atoms with E-state index >= 15 is 0 Å². The first kappa shape index (κ1) is 11.4. The summed E-state index contributed by atoms with van der Waals surface area (Å²) in [6.07, 6.45) is -4.79. The molecular formula is C7H4Cl2F3NO. The van der Waals surface area contributed by atoms with Crippen molar-refractivity contribution >= 4 is 23.2 Å². The SMILES string of the molecule is Cc1nc(Cl)cc(Cl)c1OC(F)(F)F. The van der Waals surface area contributed by atoms with Crippen LogP contribution in [0, 0.1) is 6.92 Å². The second-order valence-electron chi connectivity index (χ2n) is 2.39. The van der Waals surface area contributed by atoms with Crippen molar-refractivity contribution < 1.29 is 17.9 Å². The summed E-state index contributed by atoms with van der Waals surface area (Å²) in [4.78, 5) is 3.57. The number of alkyl halides is 3. The van der Waals surface area contributed by atoms with Gasteiger partial charge in [0.2, 0.25) is 0 Å². The Morgan fingerprint density at radius 1 is 1.36 bits per heavy atom. The predicted octanol–water partition coefficient (Wildman–Crippen LogP) is 3.60. The molecular weight excluding hydrogens is 242 g/mol. The number of rotatable bonds is 1. The minimum absolute atomic E-state index is 0.0141. The Kier molecular flexibility index (Phi) is 3.11. The van der Waals surface area contributed by atoms with Gasteiger partial charge >= 0.3 is 6.36 Å². The normalized spacial score (nSPS) is 11.6. The van der Waals surface area contributed by atoms with Crippen LogP contribution in [0.5, 0.6) is 5.75 Å². The van der Waals surface area contributed by atoms with Crippen LogP contribution < -0.4 is 4.74 Å². The third-order valence-corrected chi connectivity index (χ3v) is 1.76. The molecule has 0 atom stereocenters. The summed E-state index contributed by atoms with van der Waals surface area (Å²) in [7, 11) is 0. The summed E-state index contributed by atoms with van der Waals surface area (Å²) in [5.74, 6) is -0.524. The van der Waals surface area contributed by atoms with E-state index in [1.54, 1.807) is 0 Å². The van der Waals surface area contributed by atoms with E-state index in [2.05, 4.69) is 9.72 Å². The van der Waals surface area contributed by atoms with Gasteiger partial charge in [0.25, 0.3) is 0 Å². The molecule has 14 heavy (non-hydrogen) atoms. The van der Waals surface area contributed by atoms with Crippen LogP contribution in [0.3, 0.4) is 0 Å². The quantitative estimate of drug-likeness (QED) is 0.706. The summed E-state index contributed by atoms with van der Waals surface area (Å²) in [6.45, 7) is 1.32. The zero-order valence-corrected chi connectivity index (χ0v) is 8.33. The molecule has 2 nitrogen and oxygen atoms in total. The first-order valence-electron chi connectivity index (χ1n) is 3.38. The molecule has 0 saturated heterocycles. The Hall–Kier alpha value is -0.680. The minimum Gasteiger partial charge on any atom is -0.402 e. The minimum atomic E-state index is -4.79. The summed E-state index contributed by atoms with van der Waals surface area (Å²) < 4.78 is 39.2. The zero-order valence-electron chi connectivity index (χ0n) is 6.82. The Bertz CT molecular complexity index is 330. The van der Waals surface area contributed by atoms with Crippen LogP contribution in [0.1, 0.15) is 5.69 Å². The third kappa shape index (κ3) is 2.92. The van der Waals surface area contributed by atoms with Crippen molar-refractivity contribution in [3.63, 3.8) is 0 Å². The zero-order chi connectivity index (χ0) is 10.9. The number of hydrogen-bond acceptors (Lipinski definition) is 2. The topological polar surface area (TPSA) is 22.1 Å². The molecule has 0 amide bonds. The van der Waals surface area contributed by atoms with Crippen LogP contribution in [-0.4, -0.2) is 11.3 Å². The largest absolute Gasteiger partial charge is 0.573 e. The summed E-state index contributed by atoms with van der Waals surface area (Å²) in [6, 6.07) is 1.08. The van der Waals surface area contributed by atoms with E-state index in [1.807, 2.05) is 0 Å². The van der Waals surface area contributed by atoms with Crippen molar-refractivity contribution in [2.45, 2.75) is 13.3 Å². The lowest BCUT2D eigenvalue weighted by Crippen LogP contribution is -2.18. The van der Waals surface area contributed by atoms with Crippen LogP contribution in [-0.2, 0) is 0 Å². The number of ether oxygens (including phenoxy) is 1. The number of aromatic nitrogens is 1. The highest BCUT2D eigenvalue weighted by molar-refractivity contribution is 6.35. The average Bonchev–Trinajstić information content (AvgIpc) is 1.95. The molecule has 0 N–H and O–H groups in total. The highest BCUT2D eigenvalue weighted by atomic mass is 35.5. The fourth-order valence-corrected chi connectivity index (χ4v) is 1.39. The second-order valence-corrected chi connectivity index (χ2v) is 3.18. The third-order valence-electron chi connectivity index (χ3n) is 1.28. The molecule has 7 heteroatoms. The molecule has 1 heterocycles. The van der Waals surface area contributed by atoms with Gasteiger partial charge in [-0.15, -0.1) is 13.2 Å². The lowest BCUT2D eigenvalue weighted by molar-refractivity contribution is -0.274. The van der Waals surface area contributed by atoms with Gasteiger partial charge in [-0.1, -0.05) is 23.2 Å². The summed E-state index contributed by atoms with van der Waals surface area (Å²) in [5.41, 5.74) is -0.0141. The highest BCUT2D eigenvalue weighted by Crippen LogP contribution is 2.33. The molecule has 0 aromatic carbocycles. The van der Waals surface area contributed by atoms with Crippen molar-refractivity contribution in [2.24, 2.45) is 0 Å². The van der Waals surface area contributed by atoms with Crippen LogP contribution in [0.15, 0.2) is 6.07 Å². The maximum Gasteiger partial charge on any atom is 0.573 e. The number of nitrogens with zero attached hydrogens (tertiary/aromatic N) is 1. The molecule has 0 aliphatic carbocycles. The molecule has 0 aliphatic rings. The van der Waals surface area contributed by atoms with Gasteiger partial charge in [-0.3, -0.25) is 0 Å². The lowest BCUT2D eigenvalue weighted by atomic mass is 10.3. The Balaban J connectivity index is 3.09. The first-order chi connectivity index (χ1) is 6.29. The molecule has 0 spiro atoms. The van der Waals surface area contributed by atoms with Crippen molar-refractivity contribution in [1.29, 1.82) is 0 Å². The Morgan fingerprint density at radius 2 is 1.93 bits per heavy atom. The Labute approximate surface area is 87.6 Å². The molecule has 1 rings (SSSR count). The maximum atomic E-state index is 11.9. The molecule has 1 aromatic rings. The van der Waals surface area contributed by atoms with E-state index in [0.717, 1.165) is 6.07 Å². The van der Waals surface area contributed by atoms with E-state index in [9.17, 15) is 13.2 Å². The number of aryl methyl sites for hydroxylation is 1. The van der Waals surface area contributed by atoms with Crippen LogP contribution in [0.2, 0.25) is 10.2 Å². The molecule has 0 fully saturated rings. The summed E-state index contributed by atoms with van der Waals surface area (Å²) >= 11 is 11.0. The van der Waals surface area contributed by atoms with Gasteiger partial charge in [0, 0.05) is 0 Å². The molecule has 0 unspecified atom stereocenters. The van der Waals surface area contributed by atoms with E-state index in [0.29, 0.717) is 0 Å². The smallest absolute Gasteiger partial charge is 0.402 e. The number of hydrogen-bond donors (Lipinski definition) is 0. The van der Waals surface area contributed by atoms with Crippen LogP contribution >= 0.6 is 23.2 Å². The van der Waals surface area contributed by atoms with Crippen molar-refractivity contribution in [3.8, 4) is 5.75 Å². The van der Waals surface area contributed by atoms with E-state index in [1.165, 1.54) is 6.92 Å².